The van der Waals surface area contributed by atoms with Crippen LogP contribution in [0, 0.1) is 6.92 Å². The van der Waals surface area contributed by atoms with Crippen LogP contribution in [0.25, 0.3) is 5.69 Å². The molecule has 2 amide bonds. The second-order valence-corrected chi connectivity index (χ2v) is 8.57. The van der Waals surface area contributed by atoms with Crippen molar-refractivity contribution >= 4 is 17.7 Å². The van der Waals surface area contributed by atoms with Crippen molar-refractivity contribution in [2.75, 3.05) is 25.1 Å². The Bertz CT molecular complexity index is 1170. The van der Waals surface area contributed by atoms with Gasteiger partial charge in [0.05, 0.1) is 31.1 Å². The number of fused-ring (bicyclic) bond motifs is 1. The predicted octanol–water partition coefficient (Wildman–Crippen LogP) is 5.13. The van der Waals surface area contributed by atoms with Crippen LogP contribution in [0.5, 0.6) is 5.75 Å². The van der Waals surface area contributed by atoms with Crippen LogP contribution < -0.4 is 10.1 Å². The lowest BCUT2D eigenvalue weighted by atomic mass is 10.0. The fourth-order valence-corrected chi connectivity index (χ4v) is 4.03. The summed E-state index contributed by atoms with van der Waals surface area (Å²) in [5.41, 5.74) is 4.61. The summed E-state index contributed by atoms with van der Waals surface area (Å²) in [7, 11) is 0. The van der Waals surface area contributed by atoms with E-state index in [0.717, 1.165) is 41.1 Å². The van der Waals surface area contributed by atoms with Gasteiger partial charge in [-0.15, -0.1) is 0 Å². The number of anilines is 1. The standard InChI is InChI=1S/C27H32N4O4/c1-4-6-17-35-22-13-9-20(10-14-22)28-27(33)30-16-15-24-23(18-30)25(26(32)34-5-2)29-31(24)21-11-7-19(3)8-12-21/h7-14H,4-6,15-18H2,1-3H3,(H,28,33). The molecular formula is C27H32N4O4. The predicted molar refractivity (Wildman–Crippen MR) is 134 cm³/mol. The zero-order chi connectivity index (χ0) is 24.8. The molecule has 0 saturated carbocycles. The summed E-state index contributed by atoms with van der Waals surface area (Å²) >= 11 is 0. The highest BCUT2D eigenvalue weighted by atomic mass is 16.5. The molecule has 0 fully saturated rings. The number of carbonyl (C=O) groups excluding carboxylic acids is 2. The smallest absolute Gasteiger partial charge is 0.359 e. The number of rotatable bonds is 8. The van der Waals surface area contributed by atoms with Crippen molar-refractivity contribution < 1.29 is 19.1 Å². The number of benzene rings is 2. The molecule has 3 aromatic rings. The number of carbonyl (C=O) groups is 2. The molecule has 0 unspecified atom stereocenters. The highest BCUT2D eigenvalue weighted by Crippen LogP contribution is 2.27. The van der Waals surface area contributed by atoms with Gasteiger partial charge in [0.25, 0.3) is 0 Å². The number of aryl methyl sites for hydroxylation is 1. The van der Waals surface area contributed by atoms with E-state index < -0.39 is 5.97 Å². The first-order valence-corrected chi connectivity index (χ1v) is 12.1. The van der Waals surface area contributed by atoms with Gasteiger partial charge >= 0.3 is 12.0 Å². The van der Waals surface area contributed by atoms with Gasteiger partial charge in [-0.05, 0) is 56.7 Å². The van der Waals surface area contributed by atoms with Gasteiger partial charge in [-0.2, -0.15) is 5.10 Å². The Labute approximate surface area is 205 Å². The SMILES string of the molecule is CCCCOc1ccc(NC(=O)N2CCc3c(c(C(=O)OCC)nn3-c3ccc(C)cc3)C2)cc1. The molecule has 1 N–H and O–H groups in total. The molecule has 35 heavy (non-hydrogen) atoms. The third-order valence-corrected chi connectivity index (χ3v) is 5.96. The Morgan fingerprint density at radius 3 is 2.49 bits per heavy atom. The molecule has 1 aromatic heterocycles. The number of nitrogens with one attached hydrogen (secondary N) is 1. The highest BCUT2D eigenvalue weighted by molar-refractivity contribution is 5.91. The lowest BCUT2D eigenvalue weighted by Gasteiger charge is -2.28. The van der Waals surface area contributed by atoms with Gasteiger partial charge in [0, 0.05) is 24.2 Å². The summed E-state index contributed by atoms with van der Waals surface area (Å²) in [6.07, 6.45) is 2.66. The van der Waals surface area contributed by atoms with E-state index in [4.69, 9.17) is 9.47 Å². The molecule has 8 heteroatoms. The summed E-state index contributed by atoms with van der Waals surface area (Å²) in [6.45, 7) is 7.63. The Morgan fingerprint density at radius 2 is 1.80 bits per heavy atom. The fraction of sp³-hybridized carbons (Fsp3) is 0.370. The minimum absolute atomic E-state index is 0.229. The van der Waals surface area contributed by atoms with Crippen LogP contribution >= 0.6 is 0 Å². The van der Waals surface area contributed by atoms with E-state index in [-0.39, 0.29) is 24.9 Å². The molecule has 0 spiro atoms. The van der Waals surface area contributed by atoms with Gasteiger partial charge in [-0.25, -0.2) is 14.3 Å². The van der Waals surface area contributed by atoms with E-state index in [1.807, 2.05) is 55.5 Å². The van der Waals surface area contributed by atoms with Crippen LogP contribution in [0.15, 0.2) is 48.5 Å². The number of unbranched alkanes of at least 4 members (excludes halogenated alkanes) is 1. The third-order valence-electron chi connectivity index (χ3n) is 5.96. The Hall–Kier alpha value is -3.81. The number of hydrogen-bond acceptors (Lipinski definition) is 5. The number of ether oxygens (including phenoxy) is 2. The number of nitrogens with zero attached hydrogens (tertiary/aromatic N) is 3. The van der Waals surface area contributed by atoms with E-state index in [1.54, 1.807) is 16.5 Å². The largest absolute Gasteiger partial charge is 0.494 e. The van der Waals surface area contributed by atoms with Gasteiger partial charge in [0.1, 0.15) is 5.75 Å². The zero-order valence-electron chi connectivity index (χ0n) is 20.5. The molecule has 1 aliphatic rings. The third kappa shape index (κ3) is 5.65. The van der Waals surface area contributed by atoms with E-state index in [0.29, 0.717) is 25.3 Å². The van der Waals surface area contributed by atoms with Gasteiger partial charge in [-0.3, -0.25) is 0 Å². The summed E-state index contributed by atoms with van der Waals surface area (Å²) < 4.78 is 12.7. The number of esters is 1. The summed E-state index contributed by atoms with van der Waals surface area (Å²) in [4.78, 5) is 27.4. The van der Waals surface area contributed by atoms with Gasteiger partial charge in [0.15, 0.2) is 5.69 Å². The van der Waals surface area contributed by atoms with Crippen molar-refractivity contribution in [2.45, 2.75) is 46.6 Å². The maximum atomic E-state index is 13.0. The minimum Gasteiger partial charge on any atom is -0.494 e. The number of hydrogen-bond donors (Lipinski definition) is 1. The van der Waals surface area contributed by atoms with Crippen molar-refractivity contribution in [3.8, 4) is 11.4 Å². The van der Waals surface area contributed by atoms with Crippen LogP contribution in [0.1, 0.15) is 54.0 Å². The first-order chi connectivity index (χ1) is 17.0. The first kappa shape index (κ1) is 24.3. The lowest BCUT2D eigenvalue weighted by Crippen LogP contribution is -2.39. The maximum absolute atomic E-state index is 13.0. The Kier molecular flexibility index (Phi) is 7.70. The molecule has 0 aliphatic carbocycles. The molecule has 2 aromatic carbocycles. The molecule has 2 heterocycles. The maximum Gasteiger partial charge on any atom is 0.359 e. The van der Waals surface area contributed by atoms with Crippen molar-refractivity contribution in [1.82, 2.24) is 14.7 Å². The monoisotopic (exact) mass is 476 g/mol. The Morgan fingerprint density at radius 1 is 1.06 bits per heavy atom. The van der Waals surface area contributed by atoms with Gasteiger partial charge in [0.2, 0.25) is 0 Å². The molecule has 0 atom stereocenters. The molecular weight excluding hydrogens is 444 g/mol. The highest BCUT2D eigenvalue weighted by Gasteiger charge is 2.31. The summed E-state index contributed by atoms with van der Waals surface area (Å²) in [5.74, 6) is 0.303. The average Bonchev–Trinajstić information content (AvgIpc) is 3.25. The van der Waals surface area contributed by atoms with E-state index in [2.05, 4.69) is 17.3 Å². The van der Waals surface area contributed by atoms with Crippen LogP contribution in [0.2, 0.25) is 0 Å². The zero-order valence-corrected chi connectivity index (χ0v) is 20.5. The molecule has 0 bridgehead atoms. The van der Waals surface area contributed by atoms with Crippen LogP contribution in [-0.2, 0) is 17.7 Å². The molecule has 184 valence electrons. The van der Waals surface area contributed by atoms with Crippen molar-refractivity contribution in [1.29, 1.82) is 0 Å². The quantitative estimate of drug-likeness (QED) is 0.360. The van der Waals surface area contributed by atoms with Crippen LogP contribution in [0.4, 0.5) is 10.5 Å². The van der Waals surface area contributed by atoms with Crippen LogP contribution in [-0.4, -0.2) is 46.4 Å². The normalized spacial score (nSPS) is 12.7. The Balaban J connectivity index is 1.51. The van der Waals surface area contributed by atoms with Gasteiger partial charge < -0.3 is 19.7 Å². The molecule has 0 radical (unpaired) electrons. The van der Waals surface area contributed by atoms with Crippen molar-refractivity contribution in [3.63, 3.8) is 0 Å². The lowest BCUT2D eigenvalue weighted by molar-refractivity contribution is 0.0516. The minimum atomic E-state index is -0.476. The molecule has 0 saturated heterocycles. The van der Waals surface area contributed by atoms with E-state index in [9.17, 15) is 9.59 Å². The van der Waals surface area contributed by atoms with Crippen LogP contribution in [0.3, 0.4) is 0 Å². The first-order valence-electron chi connectivity index (χ1n) is 12.1. The summed E-state index contributed by atoms with van der Waals surface area (Å²) in [5, 5.41) is 7.54. The van der Waals surface area contributed by atoms with Crippen molar-refractivity contribution in [3.05, 3.63) is 71.0 Å². The number of aromatic nitrogens is 2. The van der Waals surface area contributed by atoms with Crippen molar-refractivity contribution in [2.24, 2.45) is 0 Å². The molecule has 4 rings (SSSR count). The van der Waals surface area contributed by atoms with E-state index in [1.165, 1.54) is 0 Å². The van der Waals surface area contributed by atoms with E-state index >= 15 is 0 Å². The second kappa shape index (κ2) is 11.1. The average molecular weight is 477 g/mol. The molecule has 1 aliphatic heterocycles. The number of amides is 2. The number of urea groups is 1. The summed E-state index contributed by atoms with van der Waals surface area (Å²) in [6, 6.07) is 15.1. The fourth-order valence-electron chi connectivity index (χ4n) is 4.03. The topological polar surface area (TPSA) is 85.7 Å². The molecule has 8 nitrogen and oxygen atoms in total. The van der Waals surface area contributed by atoms with Gasteiger partial charge in [-0.1, -0.05) is 31.0 Å². The second-order valence-electron chi connectivity index (χ2n) is 8.57.